The van der Waals surface area contributed by atoms with E-state index in [9.17, 15) is 28.8 Å². The Morgan fingerprint density at radius 1 is 1.02 bits per heavy atom. The number of hydrogen-bond acceptors (Lipinski definition) is 8. The summed E-state index contributed by atoms with van der Waals surface area (Å²) in [6.45, 7) is 2.58. The zero-order chi connectivity index (χ0) is 29.8. The molecule has 2 aromatic rings. The van der Waals surface area contributed by atoms with Crippen LogP contribution in [0.1, 0.15) is 38.2 Å². The molecule has 4 amide bonds. The molecule has 2 rings (SSSR count). The van der Waals surface area contributed by atoms with Crippen molar-refractivity contribution in [2.24, 2.45) is 16.5 Å². The minimum Gasteiger partial charge on any atom is -0.481 e. The number of nitrogens with zero attached hydrogens (tertiary/aromatic N) is 1. The molecule has 0 radical (unpaired) electrons. The van der Waals surface area contributed by atoms with Gasteiger partial charge in [0.1, 0.15) is 17.7 Å². The lowest BCUT2D eigenvalue weighted by Gasteiger charge is -2.20. The normalized spacial score (nSPS) is 12.1. The Morgan fingerprint density at radius 3 is 2.38 bits per heavy atom. The number of benzene rings is 1. The van der Waals surface area contributed by atoms with Gasteiger partial charge in [0.15, 0.2) is 5.96 Å². The van der Waals surface area contributed by atoms with Gasteiger partial charge in [-0.3, -0.25) is 29.0 Å². The molecule has 0 unspecified atom stereocenters. The fourth-order valence-electron chi connectivity index (χ4n) is 3.72. The topological polar surface area (TPSA) is 248 Å². The Bertz CT molecular complexity index is 1350. The van der Waals surface area contributed by atoms with Crippen LogP contribution in [0.2, 0.25) is 0 Å². The predicted octanol–water partition coefficient (Wildman–Crippen LogP) is -0.936. The van der Waals surface area contributed by atoms with Crippen LogP contribution in [0.15, 0.2) is 38.5 Å². The lowest BCUT2D eigenvalue weighted by atomic mass is 10.1. The first kappa shape index (κ1) is 31.3. The highest BCUT2D eigenvalue weighted by Crippen LogP contribution is 2.21. The molecule has 0 aliphatic carbocycles. The molecule has 2 atom stereocenters. The van der Waals surface area contributed by atoms with E-state index in [1.54, 1.807) is 19.1 Å². The largest absolute Gasteiger partial charge is 0.481 e. The van der Waals surface area contributed by atoms with Gasteiger partial charge in [-0.05, 0) is 43.9 Å². The second-order valence-corrected chi connectivity index (χ2v) is 8.92. The van der Waals surface area contributed by atoms with Gasteiger partial charge in [0.2, 0.25) is 23.6 Å². The van der Waals surface area contributed by atoms with Crippen LogP contribution in [0.3, 0.4) is 0 Å². The number of nitrogens with one attached hydrogen (secondary N) is 4. The Kier molecular flexibility index (Phi) is 11.6. The maximum absolute atomic E-state index is 13.1. The van der Waals surface area contributed by atoms with Gasteiger partial charge in [-0.25, -0.2) is 4.79 Å². The quantitative estimate of drug-likeness (QED) is 0.0647. The maximum Gasteiger partial charge on any atom is 0.336 e. The van der Waals surface area contributed by atoms with Crippen molar-refractivity contribution in [3.63, 3.8) is 0 Å². The number of amides is 4. The van der Waals surface area contributed by atoms with Crippen LogP contribution in [0.4, 0.5) is 5.69 Å². The van der Waals surface area contributed by atoms with E-state index in [1.807, 2.05) is 0 Å². The van der Waals surface area contributed by atoms with Crippen LogP contribution in [0, 0.1) is 6.92 Å². The lowest BCUT2D eigenvalue weighted by Crippen LogP contribution is -2.51. The number of aryl methyl sites for hydroxylation is 1. The highest BCUT2D eigenvalue weighted by atomic mass is 16.4. The van der Waals surface area contributed by atoms with Gasteiger partial charge in [0.05, 0.1) is 6.54 Å². The van der Waals surface area contributed by atoms with Crippen LogP contribution in [0.5, 0.6) is 0 Å². The smallest absolute Gasteiger partial charge is 0.336 e. The molecule has 9 N–H and O–H groups in total. The van der Waals surface area contributed by atoms with E-state index in [1.165, 1.54) is 19.1 Å². The van der Waals surface area contributed by atoms with Gasteiger partial charge in [-0.1, -0.05) is 0 Å². The molecule has 1 aromatic heterocycles. The summed E-state index contributed by atoms with van der Waals surface area (Å²) in [6, 6.07) is 3.92. The fraction of sp³-hybridized carbons (Fsp3) is 0.400. The molecule has 216 valence electrons. The van der Waals surface area contributed by atoms with Crippen molar-refractivity contribution in [3.8, 4) is 0 Å². The number of aliphatic imine (C=N–C) groups is 1. The first-order valence-electron chi connectivity index (χ1n) is 12.3. The van der Waals surface area contributed by atoms with Gasteiger partial charge in [-0.2, -0.15) is 0 Å². The third-order valence-corrected chi connectivity index (χ3v) is 5.58. The van der Waals surface area contributed by atoms with Gasteiger partial charge < -0.3 is 42.3 Å². The fourth-order valence-corrected chi connectivity index (χ4v) is 3.72. The molecule has 15 nitrogen and oxygen atoms in total. The van der Waals surface area contributed by atoms with Gasteiger partial charge in [0, 0.05) is 43.1 Å². The first-order valence-corrected chi connectivity index (χ1v) is 12.3. The Morgan fingerprint density at radius 2 is 1.73 bits per heavy atom. The summed E-state index contributed by atoms with van der Waals surface area (Å²) in [5.74, 6) is -3.88. The van der Waals surface area contributed by atoms with E-state index in [-0.39, 0.29) is 37.3 Å². The van der Waals surface area contributed by atoms with E-state index in [4.69, 9.17) is 21.0 Å². The molecular formula is C25H33N7O8. The summed E-state index contributed by atoms with van der Waals surface area (Å²) in [6.07, 6.45) is -0.0879. The summed E-state index contributed by atoms with van der Waals surface area (Å²) >= 11 is 0. The molecule has 0 bridgehead atoms. The summed E-state index contributed by atoms with van der Waals surface area (Å²) < 4.78 is 5.21. The maximum atomic E-state index is 13.1. The second-order valence-electron chi connectivity index (χ2n) is 8.92. The number of nitrogens with two attached hydrogens (primary N) is 2. The highest BCUT2D eigenvalue weighted by molar-refractivity contribution is 5.99. The molecule has 0 saturated heterocycles. The minimum atomic E-state index is -1.16. The second kappa shape index (κ2) is 14.8. The number of fused-ring (bicyclic) bond motifs is 1. The summed E-state index contributed by atoms with van der Waals surface area (Å²) in [5, 5.41) is 19.4. The third kappa shape index (κ3) is 10.4. The van der Waals surface area contributed by atoms with Crippen molar-refractivity contribution >= 4 is 52.2 Å². The zero-order valence-electron chi connectivity index (χ0n) is 22.1. The highest BCUT2D eigenvalue weighted by Gasteiger charge is 2.24. The average Bonchev–Trinajstić information content (AvgIpc) is 2.86. The molecule has 1 aromatic carbocycles. The Hall–Kier alpha value is -4.95. The molecule has 0 fully saturated rings. The van der Waals surface area contributed by atoms with Crippen molar-refractivity contribution in [1.82, 2.24) is 16.0 Å². The molecule has 40 heavy (non-hydrogen) atoms. The van der Waals surface area contributed by atoms with Gasteiger partial charge in [-0.15, -0.1) is 0 Å². The summed E-state index contributed by atoms with van der Waals surface area (Å²) in [7, 11) is 0. The SMILES string of the molecule is CC(=O)N[C@@H](CCC(=O)O)C(=O)NCC(=O)N[C@@H](CCCN=C(N)N)C(=O)Nc1ccc2c(C)cc(=O)oc2c1. The molecule has 0 saturated carbocycles. The van der Waals surface area contributed by atoms with Crippen LogP contribution in [0.25, 0.3) is 11.0 Å². The number of guanidine groups is 1. The standard InChI is InChI=1S/C25H33N7O8/c1-13-10-22(37)40-19-11-15(5-6-16(13)19)31-24(39)17(4-3-9-28-25(26)27)32-20(34)12-29-23(38)18(30-14(2)33)7-8-21(35)36/h5-6,10-11,17-18H,3-4,7-9,12H2,1-2H3,(H,29,38)(H,30,33)(H,31,39)(H,32,34)(H,35,36)(H4,26,27,28)/t17-,18-/m0/s1. The number of carboxylic acid groups (broad SMARTS) is 1. The number of carboxylic acids is 1. The minimum absolute atomic E-state index is 0.127. The zero-order valence-corrected chi connectivity index (χ0v) is 22.1. The van der Waals surface area contributed by atoms with Gasteiger partial charge >= 0.3 is 11.6 Å². The van der Waals surface area contributed by atoms with Crippen molar-refractivity contribution < 1.29 is 33.5 Å². The third-order valence-electron chi connectivity index (χ3n) is 5.58. The Labute approximate surface area is 228 Å². The first-order chi connectivity index (χ1) is 18.8. The average molecular weight is 560 g/mol. The molecule has 0 aliphatic rings. The van der Waals surface area contributed by atoms with Crippen LogP contribution < -0.4 is 38.4 Å². The van der Waals surface area contributed by atoms with E-state index >= 15 is 0 Å². The van der Waals surface area contributed by atoms with Crippen LogP contribution in [-0.4, -0.2) is 65.8 Å². The molecule has 1 heterocycles. The van der Waals surface area contributed by atoms with Gasteiger partial charge in [0.25, 0.3) is 0 Å². The van der Waals surface area contributed by atoms with E-state index in [0.717, 1.165) is 0 Å². The van der Waals surface area contributed by atoms with Crippen LogP contribution >= 0.6 is 0 Å². The molecule has 15 heteroatoms. The summed E-state index contributed by atoms with van der Waals surface area (Å²) in [4.78, 5) is 75.9. The van der Waals surface area contributed by atoms with Crippen molar-refractivity contribution in [3.05, 3.63) is 40.2 Å². The lowest BCUT2D eigenvalue weighted by molar-refractivity contribution is -0.138. The Balaban J connectivity index is 2.09. The number of hydrogen-bond donors (Lipinski definition) is 7. The molecule has 0 spiro atoms. The monoisotopic (exact) mass is 559 g/mol. The number of carbonyl (C=O) groups excluding carboxylic acids is 4. The molecular weight excluding hydrogens is 526 g/mol. The number of anilines is 1. The number of aliphatic carboxylic acids is 1. The predicted molar refractivity (Wildman–Crippen MR) is 145 cm³/mol. The van der Waals surface area contributed by atoms with Crippen LogP contribution in [-0.2, 0) is 24.0 Å². The van der Waals surface area contributed by atoms with E-state index in [2.05, 4.69) is 26.3 Å². The number of rotatable bonds is 14. The van der Waals surface area contributed by atoms with E-state index < -0.39 is 53.9 Å². The van der Waals surface area contributed by atoms with Crippen molar-refractivity contribution in [2.75, 3.05) is 18.4 Å². The van der Waals surface area contributed by atoms with Crippen molar-refractivity contribution in [1.29, 1.82) is 0 Å². The summed E-state index contributed by atoms with van der Waals surface area (Å²) in [5.41, 5.74) is 11.4. The van der Waals surface area contributed by atoms with Crippen molar-refractivity contribution in [2.45, 2.75) is 51.6 Å². The number of carbonyl (C=O) groups is 5. The van der Waals surface area contributed by atoms with E-state index in [0.29, 0.717) is 23.1 Å². The molecule has 0 aliphatic heterocycles.